The summed E-state index contributed by atoms with van der Waals surface area (Å²) in [6, 6.07) is 13.8. The smallest absolute Gasteiger partial charge is 0.0659 e. The number of para-hydroxylation sites is 1. The minimum atomic E-state index is 0.685. The number of hydrogen-bond donors (Lipinski definition) is 2. The molecule has 0 bridgehead atoms. The van der Waals surface area contributed by atoms with Crippen molar-refractivity contribution in [3.63, 3.8) is 0 Å². The fraction of sp³-hybridized carbons (Fsp3) is 0.200. The SMILES string of the molecule is CN(C)c1ccc(NCc2ccccc2N)cc1Cl. The molecule has 3 nitrogen and oxygen atoms in total. The Hall–Kier alpha value is -1.87. The van der Waals surface area contributed by atoms with Gasteiger partial charge < -0.3 is 16.0 Å². The van der Waals surface area contributed by atoms with Gasteiger partial charge in [0.2, 0.25) is 0 Å². The van der Waals surface area contributed by atoms with Crippen molar-refractivity contribution in [3.8, 4) is 0 Å². The number of rotatable bonds is 4. The summed E-state index contributed by atoms with van der Waals surface area (Å²) in [4.78, 5) is 1.99. The summed E-state index contributed by atoms with van der Waals surface area (Å²) < 4.78 is 0. The minimum absolute atomic E-state index is 0.685. The highest BCUT2D eigenvalue weighted by Crippen LogP contribution is 2.27. The monoisotopic (exact) mass is 275 g/mol. The third kappa shape index (κ3) is 3.32. The van der Waals surface area contributed by atoms with Crippen LogP contribution in [-0.4, -0.2) is 14.1 Å². The van der Waals surface area contributed by atoms with Crippen LogP contribution in [0.15, 0.2) is 42.5 Å². The molecular weight excluding hydrogens is 258 g/mol. The molecule has 2 aromatic carbocycles. The molecule has 0 atom stereocenters. The molecule has 100 valence electrons. The average Bonchev–Trinajstić information content (AvgIpc) is 2.37. The summed E-state index contributed by atoms with van der Waals surface area (Å²) in [6.07, 6.45) is 0. The Kier molecular flexibility index (Phi) is 4.17. The van der Waals surface area contributed by atoms with E-state index < -0.39 is 0 Å². The Balaban J connectivity index is 2.08. The van der Waals surface area contributed by atoms with Gasteiger partial charge in [0.05, 0.1) is 10.7 Å². The van der Waals surface area contributed by atoms with Crippen molar-refractivity contribution in [1.82, 2.24) is 0 Å². The number of benzene rings is 2. The van der Waals surface area contributed by atoms with E-state index in [1.807, 2.05) is 61.5 Å². The molecule has 0 amide bonds. The van der Waals surface area contributed by atoms with Crippen LogP contribution in [0.1, 0.15) is 5.56 Å². The zero-order valence-electron chi connectivity index (χ0n) is 11.2. The fourth-order valence-electron chi connectivity index (χ4n) is 1.87. The highest BCUT2D eigenvalue weighted by molar-refractivity contribution is 6.33. The predicted molar refractivity (Wildman–Crippen MR) is 84.0 cm³/mol. The van der Waals surface area contributed by atoms with Crippen LogP contribution in [0.5, 0.6) is 0 Å². The maximum atomic E-state index is 6.23. The summed E-state index contributed by atoms with van der Waals surface area (Å²) in [5, 5.41) is 4.06. The van der Waals surface area contributed by atoms with Crippen molar-refractivity contribution in [2.45, 2.75) is 6.54 Å². The third-order valence-electron chi connectivity index (χ3n) is 2.97. The largest absolute Gasteiger partial charge is 0.398 e. The molecule has 0 aromatic heterocycles. The number of anilines is 3. The van der Waals surface area contributed by atoms with Crippen molar-refractivity contribution < 1.29 is 0 Å². The molecule has 0 aliphatic rings. The lowest BCUT2D eigenvalue weighted by molar-refractivity contribution is 1.12. The van der Waals surface area contributed by atoms with Gasteiger partial charge in [-0.3, -0.25) is 0 Å². The zero-order chi connectivity index (χ0) is 13.8. The van der Waals surface area contributed by atoms with E-state index in [9.17, 15) is 0 Å². The zero-order valence-corrected chi connectivity index (χ0v) is 11.9. The lowest BCUT2D eigenvalue weighted by Crippen LogP contribution is -2.09. The summed E-state index contributed by atoms with van der Waals surface area (Å²) in [5.41, 5.74) is 9.77. The molecule has 0 unspecified atom stereocenters. The molecule has 3 N–H and O–H groups in total. The van der Waals surface area contributed by atoms with Crippen LogP contribution < -0.4 is 16.0 Å². The van der Waals surface area contributed by atoms with E-state index in [1.165, 1.54) is 0 Å². The number of nitrogens with two attached hydrogens (primary N) is 1. The molecular formula is C15H18ClN3. The molecule has 2 rings (SSSR count). The molecule has 0 aliphatic carbocycles. The van der Waals surface area contributed by atoms with Crippen LogP contribution in [0.2, 0.25) is 5.02 Å². The molecule has 19 heavy (non-hydrogen) atoms. The van der Waals surface area contributed by atoms with E-state index in [0.717, 1.165) is 27.6 Å². The fourth-order valence-corrected chi connectivity index (χ4v) is 2.22. The van der Waals surface area contributed by atoms with Gasteiger partial charge in [0.1, 0.15) is 0 Å². The van der Waals surface area contributed by atoms with Crippen LogP contribution in [0.25, 0.3) is 0 Å². The van der Waals surface area contributed by atoms with E-state index in [4.69, 9.17) is 17.3 Å². The first kappa shape index (κ1) is 13.6. The van der Waals surface area contributed by atoms with Gasteiger partial charge in [-0.25, -0.2) is 0 Å². The second-order valence-corrected chi connectivity index (χ2v) is 5.02. The highest BCUT2D eigenvalue weighted by Gasteiger charge is 2.04. The molecule has 0 spiro atoms. The van der Waals surface area contributed by atoms with Crippen LogP contribution in [-0.2, 0) is 6.54 Å². The summed E-state index contributed by atoms with van der Waals surface area (Å²) in [7, 11) is 3.94. The second-order valence-electron chi connectivity index (χ2n) is 4.61. The van der Waals surface area contributed by atoms with E-state index >= 15 is 0 Å². The minimum Gasteiger partial charge on any atom is -0.398 e. The second kappa shape index (κ2) is 5.85. The van der Waals surface area contributed by atoms with Crippen molar-refractivity contribution in [1.29, 1.82) is 0 Å². The van der Waals surface area contributed by atoms with Crippen molar-refractivity contribution in [3.05, 3.63) is 53.1 Å². The molecule has 0 radical (unpaired) electrons. The Labute approximate surface area is 119 Å². The predicted octanol–water partition coefficient (Wildman–Crippen LogP) is 3.60. The first-order valence-electron chi connectivity index (χ1n) is 6.12. The van der Waals surface area contributed by atoms with Gasteiger partial charge in [0.15, 0.2) is 0 Å². The van der Waals surface area contributed by atoms with Gasteiger partial charge in [-0.15, -0.1) is 0 Å². The topological polar surface area (TPSA) is 41.3 Å². The lowest BCUT2D eigenvalue weighted by Gasteiger charge is -2.16. The van der Waals surface area contributed by atoms with Crippen molar-refractivity contribution >= 4 is 28.7 Å². The number of nitrogen functional groups attached to an aromatic ring is 1. The summed E-state index contributed by atoms with van der Waals surface area (Å²) in [5.74, 6) is 0. The van der Waals surface area contributed by atoms with Gasteiger partial charge >= 0.3 is 0 Å². The molecule has 0 fully saturated rings. The molecule has 0 heterocycles. The number of nitrogens with one attached hydrogen (secondary N) is 1. The van der Waals surface area contributed by atoms with Crippen molar-refractivity contribution in [2.24, 2.45) is 0 Å². The van der Waals surface area contributed by atoms with Crippen LogP contribution in [0, 0.1) is 0 Å². The van der Waals surface area contributed by atoms with E-state index in [1.54, 1.807) is 0 Å². The van der Waals surface area contributed by atoms with Gasteiger partial charge in [-0.2, -0.15) is 0 Å². The van der Waals surface area contributed by atoms with Crippen LogP contribution in [0.4, 0.5) is 17.1 Å². The molecule has 0 saturated carbocycles. The van der Waals surface area contributed by atoms with Gasteiger partial charge in [0, 0.05) is 32.0 Å². The van der Waals surface area contributed by atoms with Gasteiger partial charge in [-0.05, 0) is 29.8 Å². The van der Waals surface area contributed by atoms with E-state index in [-0.39, 0.29) is 0 Å². The molecule has 4 heteroatoms. The van der Waals surface area contributed by atoms with Gasteiger partial charge in [0.25, 0.3) is 0 Å². The Morgan fingerprint density at radius 2 is 1.89 bits per heavy atom. The maximum absolute atomic E-state index is 6.23. The van der Waals surface area contributed by atoms with Crippen molar-refractivity contribution in [2.75, 3.05) is 30.0 Å². The molecule has 0 aliphatic heterocycles. The summed E-state index contributed by atoms with van der Waals surface area (Å²) in [6.45, 7) is 0.685. The van der Waals surface area contributed by atoms with Gasteiger partial charge in [-0.1, -0.05) is 29.8 Å². The standard InChI is InChI=1S/C15H18ClN3/c1-19(2)15-8-7-12(9-13(15)16)18-10-11-5-3-4-6-14(11)17/h3-9,18H,10,17H2,1-2H3. The third-order valence-corrected chi connectivity index (χ3v) is 3.27. The first-order chi connectivity index (χ1) is 9.08. The number of hydrogen-bond acceptors (Lipinski definition) is 3. The molecule has 2 aromatic rings. The Morgan fingerprint density at radius 3 is 2.53 bits per heavy atom. The lowest BCUT2D eigenvalue weighted by atomic mass is 10.2. The Bertz CT molecular complexity index is 567. The highest BCUT2D eigenvalue weighted by atomic mass is 35.5. The Morgan fingerprint density at radius 1 is 1.16 bits per heavy atom. The summed E-state index contributed by atoms with van der Waals surface area (Å²) >= 11 is 6.23. The number of halogens is 1. The number of nitrogens with zero attached hydrogens (tertiary/aromatic N) is 1. The quantitative estimate of drug-likeness (QED) is 0.838. The van der Waals surface area contributed by atoms with Crippen LogP contribution >= 0.6 is 11.6 Å². The van der Waals surface area contributed by atoms with Crippen LogP contribution in [0.3, 0.4) is 0 Å². The average molecular weight is 276 g/mol. The van der Waals surface area contributed by atoms with E-state index in [0.29, 0.717) is 6.54 Å². The first-order valence-corrected chi connectivity index (χ1v) is 6.50. The molecule has 0 saturated heterocycles. The maximum Gasteiger partial charge on any atom is 0.0659 e. The normalized spacial score (nSPS) is 10.3. The van der Waals surface area contributed by atoms with E-state index in [2.05, 4.69) is 5.32 Å².